The molecule has 1 amide bonds. The van der Waals surface area contributed by atoms with Crippen LogP contribution in [0.3, 0.4) is 0 Å². The van der Waals surface area contributed by atoms with E-state index >= 15 is 0 Å². The Morgan fingerprint density at radius 1 is 1.45 bits per heavy atom. The minimum absolute atomic E-state index is 0.00710. The van der Waals surface area contributed by atoms with Crippen LogP contribution in [0, 0.1) is 5.92 Å². The second-order valence-electron chi connectivity index (χ2n) is 5.07. The zero-order valence-electron chi connectivity index (χ0n) is 11.5. The number of rotatable bonds is 4. The molecule has 20 heavy (non-hydrogen) atoms. The van der Waals surface area contributed by atoms with E-state index in [2.05, 4.69) is 15.2 Å². The molecule has 0 spiro atoms. The molecule has 1 saturated heterocycles. The Bertz CT molecular complexity index is 496. The lowest BCUT2D eigenvalue weighted by Gasteiger charge is -2.33. The molecule has 6 heteroatoms. The van der Waals surface area contributed by atoms with Gasteiger partial charge in [-0.05, 0) is 30.9 Å². The molecule has 2 rings (SSSR count). The topological polar surface area (TPSA) is 82.5 Å². The molecule has 108 valence electrons. The summed E-state index contributed by atoms with van der Waals surface area (Å²) in [6, 6.07) is 3.44. The highest BCUT2D eigenvalue weighted by molar-refractivity contribution is 5.86. The maximum Gasteiger partial charge on any atom is 0.354 e. The van der Waals surface area contributed by atoms with Crippen molar-refractivity contribution in [2.45, 2.75) is 19.8 Å². The molecule has 0 atom stereocenters. The smallest absolute Gasteiger partial charge is 0.354 e. The van der Waals surface area contributed by atoms with E-state index in [1.54, 1.807) is 6.07 Å². The number of aromatic nitrogens is 1. The molecule has 1 aliphatic rings. The summed E-state index contributed by atoms with van der Waals surface area (Å²) in [6.07, 6.45) is 3.51. The summed E-state index contributed by atoms with van der Waals surface area (Å²) in [5.74, 6) is -0.504. The number of nitrogens with zero attached hydrogens (tertiary/aromatic N) is 2. The first kappa shape index (κ1) is 14.3. The van der Waals surface area contributed by atoms with Gasteiger partial charge in [0.25, 0.3) is 0 Å². The van der Waals surface area contributed by atoms with E-state index in [1.165, 1.54) is 13.1 Å². The molecular weight excluding hydrogens is 258 g/mol. The van der Waals surface area contributed by atoms with Crippen LogP contribution in [-0.2, 0) is 4.79 Å². The number of amides is 1. The van der Waals surface area contributed by atoms with E-state index < -0.39 is 5.97 Å². The highest BCUT2D eigenvalue weighted by Crippen LogP contribution is 2.23. The lowest BCUT2D eigenvalue weighted by molar-refractivity contribution is -0.119. The van der Waals surface area contributed by atoms with Crippen LogP contribution >= 0.6 is 0 Å². The average molecular weight is 277 g/mol. The maximum atomic E-state index is 10.9. The van der Waals surface area contributed by atoms with E-state index in [0.717, 1.165) is 38.2 Å². The molecule has 0 aliphatic carbocycles. The van der Waals surface area contributed by atoms with Crippen molar-refractivity contribution in [2.24, 2.45) is 5.92 Å². The summed E-state index contributed by atoms with van der Waals surface area (Å²) in [4.78, 5) is 27.8. The highest BCUT2D eigenvalue weighted by Gasteiger charge is 2.20. The second-order valence-corrected chi connectivity index (χ2v) is 5.07. The number of nitrogens with one attached hydrogen (secondary N) is 1. The summed E-state index contributed by atoms with van der Waals surface area (Å²) in [6.45, 7) is 3.99. The summed E-state index contributed by atoms with van der Waals surface area (Å²) >= 11 is 0. The van der Waals surface area contributed by atoms with Gasteiger partial charge in [-0.15, -0.1) is 0 Å². The summed E-state index contributed by atoms with van der Waals surface area (Å²) in [5.41, 5.74) is 0.971. The zero-order chi connectivity index (χ0) is 14.5. The molecular formula is C14H19N3O3. The summed E-state index contributed by atoms with van der Waals surface area (Å²) in [5, 5.41) is 11.8. The monoisotopic (exact) mass is 277 g/mol. The van der Waals surface area contributed by atoms with Crippen LogP contribution in [0.25, 0.3) is 0 Å². The first-order valence-electron chi connectivity index (χ1n) is 6.75. The van der Waals surface area contributed by atoms with Gasteiger partial charge in [0.1, 0.15) is 5.69 Å². The Labute approximate surface area is 117 Å². The van der Waals surface area contributed by atoms with Crippen LogP contribution in [0.15, 0.2) is 18.3 Å². The number of hydrogen-bond acceptors (Lipinski definition) is 4. The Hall–Kier alpha value is -2.11. The van der Waals surface area contributed by atoms with Crippen molar-refractivity contribution in [3.63, 3.8) is 0 Å². The van der Waals surface area contributed by atoms with Crippen molar-refractivity contribution in [1.29, 1.82) is 0 Å². The van der Waals surface area contributed by atoms with Gasteiger partial charge in [0.15, 0.2) is 0 Å². The third-order valence-electron chi connectivity index (χ3n) is 3.58. The van der Waals surface area contributed by atoms with Crippen LogP contribution < -0.4 is 10.2 Å². The van der Waals surface area contributed by atoms with Crippen molar-refractivity contribution < 1.29 is 14.7 Å². The lowest BCUT2D eigenvalue weighted by Crippen LogP contribution is -2.38. The van der Waals surface area contributed by atoms with Crippen LogP contribution in [0.5, 0.6) is 0 Å². The number of carbonyl (C=O) groups is 2. The molecule has 1 fully saturated rings. The van der Waals surface area contributed by atoms with Crippen molar-refractivity contribution in [2.75, 3.05) is 24.5 Å². The van der Waals surface area contributed by atoms with E-state index in [0.29, 0.717) is 5.92 Å². The molecule has 2 N–H and O–H groups in total. The van der Waals surface area contributed by atoms with Gasteiger partial charge in [-0.3, -0.25) is 4.79 Å². The van der Waals surface area contributed by atoms with Crippen LogP contribution in [-0.4, -0.2) is 41.6 Å². The third-order valence-corrected chi connectivity index (χ3v) is 3.58. The number of pyridine rings is 1. The number of carboxylic acid groups (broad SMARTS) is 1. The molecule has 1 aliphatic heterocycles. The Morgan fingerprint density at radius 2 is 2.15 bits per heavy atom. The Balaban J connectivity index is 1.92. The van der Waals surface area contributed by atoms with Crippen LogP contribution in [0.4, 0.5) is 5.69 Å². The molecule has 0 unspecified atom stereocenters. The maximum absolute atomic E-state index is 10.9. The molecule has 0 saturated carbocycles. The van der Waals surface area contributed by atoms with Crippen LogP contribution in [0.2, 0.25) is 0 Å². The molecule has 0 bridgehead atoms. The van der Waals surface area contributed by atoms with Gasteiger partial charge in [-0.25, -0.2) is 9.78 Å². The number of carboxylic acids is 1. The molecule has 2 heterocycles. The first-order chi connectivity index (χ1) is 9.56. The minimum atomic E-state index is -1.01. The fraction of sp³-hybridized carbons (Fsp3) is 0.500. The lowest BCUT2D eigenvalue weighted by atomic mass is 9.96. The number of aromatic carboxylic acids is 1. The summed E-state index contributed by atoms with van der Waals surface area (Å²) in [7, 11) is 0. The van der Waals surface area contributed by atoms with Gasteiger partial charge >= 0.3 is 5.97 Å². The molecule has 1 aromatic rings. The van der Waals surface area contributed by atoms with Gasteiger partial charge < -0.3 is 15.3 Å². The standard InChI is InChI=1S/C14H19N3O3/c1-10(18)16-9-11-3-6-17(7-4-11)12-2-5-15-13(8-12)14(19)20/h2,5,8,11H,3-4,6-7,9H2,1H3,(H,16,18)(H,19,20). The van der Waals surface area contributed by atoms with Gasteiger partial charge in [-0.2, -0.15) is 0 Å². The van der Waals surface area contributed by atoms with Gasteiger partial charge in [0, 0.05) is 38.4 Å². The van der Waals surface area contributed by atoms with Crippen LogP contribution in [0.1, 0.15) is 30.3 Å². The van der Waals surface area contributed by atoms with Crippen molar-refractivity contribution in [1.82, 2.24) is 10.3 Å². The number of anilines is 1. The first-order valence-corrected chi connectivity index (χ1v) is 6.75. The highest BCUT2D eigenvalue weighted by atomic mass is 16.4. The SMILES string of the molecule is CC(=O)NCC1CCN(c2ccnc(C(=O)O)c2)CC1. The second kappa shape index (κ2) is 6.36. The zero-order valence-corrected chi connectivity index (χ0v) is 11.5. The predicted octanol–water partition coefficient (Wildman–Crippen LogP) is 1.13. The van der Waals surface area contributed by atoms with E-state index in [-0.39, 0.29) is 11.6 Å². The largest absolute Gasteiger partial charge is 0.477 e. The van der Waals surface area contributed by atoms with Gasteiger partial charge in [0.05, 0.1) is 0 Å². The average Bonchev–Trinajstić information content (AvgIpc) is 2.46. The number of carbonyl (C=O) groups excluding carboxylic acids is 1. The van der Waals surface area contributed by atoms with Gasteiger partial charge in [-0.1, -0.05) is 0 Å². The van der Waals surface area contributed by atoms with E-state index in [1.807, 2.05) is 6.07 Å². The molecule has 1 aromatic heterocycles. The normalized spacial score (nSPS) is 15.9. The predicted molar refractivity (Wildman–Crippen MR) is 74.8 cm³/mol. The summed E-state index contributed by atoms with van der Waals surface area (Å²) < 4.78 is 0. The van der Waals surface area contributed by atoms with Gasteiger partial charge in [0.2, 0.25) is 5.91 Å². The molecule has 0 aromatic carbocycles. The Morgan fingerprint density at radius 3 is 2.75 bits per heavy atom. The van der Waals surface area contributed by atoms with Crippen molar-refractivity contribution in [3.8, 4) is 0 Å². The van der Waals surface area contributed by atoms with E-state index in [9.17, 15) is 9.59 Å². The van der Waals surface area contributed by atoms with E-state index in [4.69, 9.17) is 5.11 Å². The van der Waals surface area contributed by atoms with Crippen molar-refractivity contribution >= 4 is 17.6 Å². The molecule has 0 radical (unpaired) electrons. The Kier molecular flexibility index (Phi) is 4.55. The number of hydrogen-bond donors (Lipinski definition) is 2. The quantitative estimate of drug-likeness (QED) is 0.862. The van der Waals surface area contributed by atoms with Crippen molar-refractivity contribution in [3.05, 3.63) is 24.0 Å². The number of piperidine rings is 1. The minimum Gasteiger partial charge on any atom is -0.477 e. The third kappa shape index (κ3) is 3.69. The fourth-order valence-corrected chi connectivity index (χ4v) is 2.42. The fourth-order valence-electron chi connectivity index (χ4n) is 2.42. The molecule has 6 nitrogen and oxygen atoms in total.